The van der Waals surface area contributed by atoms with Crippen LogP contribution in [0, 0.1) is 11.8 Å². The minimum Gasteiger partial charge on any atom is -0.332 e. The molecule has 2 aromatic rings. The molecule has 6 heteroatoms. The Morgan fingerprint density at radius 1 is 0.967 bits per heavy atom. The van der Waals surface area contributed by atoms with E-state index in [1.54, 1.807) is 28.6 Å². The zero-order valence-electron chi connectivity index (χ0n) is 17.7. The van der Waals surface area contributed by atoms with Crippen molar-refractivity contribution in [3.63, 3.8) is 0 Å². The molecular formula is C24H30N2O3S. The highest BCUT2D eigenvalue weighted by Gasteiger charge is 2.34. The van der Waals surface area contributed by atoms with E-state index in [1.165, 1.54) is 0 Å². The van der Waals surface area contributed by atoms with Crippen LogP contribution in [-0.4, -0.2) is 43.2 Å². The van der Waals surface area contributed by atoms with Gasteiger partial charge in [0.1, 0.15) is 0 Å². The molecule has 30 heavy (non-hydrogen) atoms. The van der Waals surface area contributed by atoms with Crippen molar-refractivity contribution < 1.29 is 13.2 Å². The van der Waals surface area contributed by atoms with Gasteiger partial charge in [-0.15, -0.1) is 0 Å². The van der Waals surface area contributed by atoms with E-state index < -0.39 is 10.0 Å². The van der Waals surface area contributed by atoms with Gasteiger partial charge in [-0.05, 0) is 54.9 Å². The van der Waals surface area contributed by atoms with Crippen LogP contribution in [0.2, 0.25) is 0 Å². The fourth-order valence-electron chi connectivity index (χ4n) is 4.94. The summed E-state index contributed by atoms with van der Waals surface area (Å²) in [7, 11) is -3.61. The summed E-state index contributed by atoms with van der Waals surface area (Å²) in [5.74, 6) is 0.577. The summed E-state index contributed by atoms with van der Waals surface area (Å²) in [4.78, 5) is 15.4. The second-order valence-corrected chi connectivity index (χ2v) is 10.8. The molecule has 0 spiro atoms. The molecule has 4 rings (SSSR count). The number of carbonyl (C=O) groups excluding carboxylic acids is 1. The molecule has 2 aromatic carbocycles. The Morgan fingerprint density at radius 2 is 1.67 bits per heavy atom. The molecule has 2 saturated heterocycles. The van der Waals surface area contributed by atoms with Crippen LogP contribution in [0.1, 0.15) is 55.1 Å². The third-order valence-corrected chi connectivity index (χ3v) is 8.08. The van der Waals surface area contributed by atoms with Gasteiger partial charge in [0.2, 0.25) is 10.0 Å². The molecule has 0 aliphatic carbocycles. The van der Waals surface area contributed by atoms with Gasteiger partial charge in [0.15, 0.2) is 0 Å². The number of piperidine rings is 1. The van der Waals surface area contributed by atoms with E-state index >= 15 is 0 Å². The Balaban J connectivity index is 1.59. The number of carbonyl (C=O) groups is 1. The van der Waals surface area contributed by atoms with E-state index in [0.29, 0.717) is 37.0 Å². The van der Waals surface area contributed by atoms with Crippen molar-refractivity contribution in [2.45, 2.75) is 44.0 Å². The molecule has 2 heterocycles. The summed E-state index contributed by atoms with van der Waals surface area (Å²) in [6.45, 7) is 5.95. The molecule has 5 nitrogen and oxygen atoms in total. The molecule has 0 radical (unpaired) electrons. The second-order valence-electron chi connectivity index (χ2n) is 8.86. The molecule has 2 aliphatic rings. The predicted molar refractivity (Wildman–Crippen MR) is 118 cm³/mol. The molecule has 0 saturated carbocycles. The summed E-state index contributed by atoms with van der Waals surface area (Å²) in [6, 6.07) is 16.7. The summed E-state index contributed by atoms with van der Waals surface area (Å²) < 4.78 is 28.1. The monoisotopic (exact) mass is 426 g/mol. The maximum atomic E-state index is 13.3. The number of benzene rings is 2. The first kappa shape index (κ1) is 21.1. The highest BCUT2D eigenvalue weighted by atomic mass is 32.2. The lowest BCUT2D eigenvalue weighted by atomic mass is 9.94. The van der Waals surface area contributed by atoms with Crippen LogP contribution in [0.3, 0.4) is 0 Å². The number of hydrogen-bond donors (Lipinski definition) is 0. The predicted octanol–water partition coefficient (Wildman–Crippen LogP) is 4.33. The lowest BCUT2D eigenvalue weighted by Crippen LogP contribution is -2.42. The van der Waals surface area contributed by atoms with Crippen LogP contribution in [0.4, 0.5) is 0 Å². The summed E-state index contributed by atoms with van der Waals surface area (Å²) >= 11 is 0. The molecule has 1 amide bonds. The number of rotatable bonds is 4. The van der Waals surface area contributed by atoms with E-state index in [-0.39, 0.29) is 16.8 Å². The normalized spacial score (nSPS) is 25.4. The molecule has 2 aliphatic heterocycles. The van der Waals surface area contributed by atoms with Gasteiger partial charge in [0, 0.05) is 25.2 Å². The van der Waals surface area contributed by atoms with Crippen molar-refractivity contribution in [2.24, 2.45) is 11.8 Å². The molecular weight excluding hydrogens is 396 g/mol. The standard InChI is InChI=1S/C24H30N2O3S/c1-18-14-19(2)17-25(16-18)30(28,29)22-11-6-10-21(15-22)24(27)26-13-7-12-23(26)20-8-4-3-5-9-20/h3-6,8-11,15,18-19,23H,7,12-14,16-17H2,1-2H3. The number of nitrogens with zero attached hydrogens (tertiary/aromatic N) is 2. The van der Waals surface area contributed by atoms with Crippen LogP contribution < -0.4 is 0 Å². The largest absolute Gasteiger partial charge is 0.332 e. The maximum Gasteiger partial charge on any atom is 0.254 e. The van der Waals surface area contributed by atoms with E-state index in [1.807, 2.05) is 23.1 Å². The van der Waals surface area contributed by atoms with Crippen LogP contribution in [0.15, 0.2) is 59.5 Å². The van der Waals surface area contributed by atoms with E-state index in [9.17, 15) is 13.2 Å². The van der Waals surface area contributed by atoms with E-state index in [4.69, 9.17) is 0 Å². The minimum atomic E-state index is -3.61. The van der Waals surface area contributed by atoms with Gasteiger partial charge in [-0.1, -0.05) is 50.2 Å². The Morgan fingerprint density at radius 3 is 2.37 bits per heavy atom. The smallest absolute Gasteiger partial charge is 0.254 e. The lowest BCUT2D eigenvalue weighted by Gasteiger charge is -2.34. The van der Waals surface area contributed by atoms with Crippen molar-refractivity contribution in [1.29, 1.82) is 0 Å². The highest BCUT2D eigenvalue weighted by Crippen LogP contribution is 2.33. The third kappa shape index (κ3) is 4.16. The third-order valence-electron chi connectivity index (χ3n) is 6.25. The van der Waals surface area contributed by atoms with Crippen molar-refractivity contribution in [2.75, 3.05) is 19.6 Å². The van der Waals surface area contributed by atoms with Crippen molar-refractivity contribution in [1.82, 2.24) is 9.21 Å². The molecule has 0 bridgehead atoms. The van der Waals surface area contributed by atoms with Gasteiger partial charge in [0.05, 0.1) is 10.9 Å². The van der Waals surface area contributed by atoms with Gasteiger partial charge >= 0.3 is 0 Å². The molecule has 3 unspecified atom stereocenters. The number of likely N-dealkylation sites (tertiary alicyclic amines) is 1. The van der Waals surface area contributed by atoms with Gasteiger partial charge in [-0.2, -0.15) is 4.31 Å². The first-order valence-electron chi connectivity index (χ1n) is 10.8. The number of hydrogen-bond acceptors (Lipinski definition) is 3. The Bertz CT molecular complexity index is 996. The van der Waals surface area contributed by atoms with Gasteiger partial charge in [-0.25, -0.2) is 8.42 Å². The first-order valence-corrected chi connectivity index (χ1v) is 12.3. The molecule has 3 atom stereocenters. The molecule has 160 valence electrons. The highest BCUT2D eigenvalue weighted by molar-refractivity contribution is 7.89. The van der Waals surface area contributed by atoms with Crippen molar-refractivity contribution in [3.05, 3.63) is 65.7 Å². The van der Waals surface area contributed by atoms with Crippen LogP contribution in [-0.2, 0) is 10.0 Å². The van der Waals surface area contributed by atoms with E-state index in [2.05, 4.69) is 26.0 Å². The topological polar surface area (TPSA) is 57.7 Å². The quantitative estimate of drug-likeness (QED) is 0.731. The second kappa shape index (κ2) is 8.52. The Hall–Kier alpha value is -2.18. The Labute approximate surface area is 179 Å². The van der Waals surface area contributed by atoms with Gasteiger partial charge in [-0.3, -0.25) is 4.79 Å². The number of amides is 1. The van der Waals surface area contributed by atoms with Gasteiger partial charge in [0.25, 0.3) is 5.91 Å². The average molecular weight is 427 g/mol. The summed E-state index contributed by atoms with van der Waals surface area (Å²) in [5, 5.41) is 0. The molecule has 0 N–H and O–H groups in total. The lowest BCUT2D eigenvalue weighted by molar-refractivity contribution is 0.0735. The van der Waals surface area contributed by atoms with Crippen LogP contribution >= 0.6 is 0 Å². The maximum absolute atomic E-state index is 13.3. The average Bonchev–Trinajstić information content (AvgIpc) is 3.23. The zero-order chi connectivity index (χ0) is 21.3. The fraction of sp³-hybridized carbons (Fsp3) is 0.458. The zero-order valence-corrected chi connectivity index (χ0v) is 18.5. The minimum absolute atomic E-state index is 0.0442. The van der Waals surface area contributed by atoms with Crippen LogP contribution in [0.5, 0.6) is 0 Å². The van der Waals surface area contributed by atoms with Gasteiger partial charge < -0.3 is 4.90 Å². The Kier molecular flexibility index (Phi) is 5.98. The van der Waals surface area contributed by atoms with Crippen LogP contribution in [0.25, 0.3) is 0 Å². The SMILES string of the molecule is CC1CC(C)CN(S(=O)(=O)c2cccc(C(=O)N3CCCC3c3ccccc3)c2)C1. The molecule has 0 aromatic heterocycles. The van der Waals surface area contributed by atoms with Crippen molar-refractivity contribution in [3.8, 4) is 0 Å². The summed E-state index contributed by atoms with van der Waals surface area (Å²) in [5.41, 5.74) is 1.57. The molecule has 2 fully saturated rings. The number of sulfonamides is 1. The fourth-order valence-corrected chi connectivity index (χ4v) is 6.66. The summed E-state index contributed by atoms with van der Waals surface area (Å²) in [6.07, 6.45) is 2.92. The first-order chi connectivity index (χ1) is 14.4. The van der Waals surface area contributed by atoms with E-state index in [0.717, 1.165) is 24.8 Å². The van der Waals surface area contributed by atoms with Crippen molar-refractivity contribution >= 4 is 15.9 Å².